The fourth-order valence-corrected chi connectivity index (χ4v) is 10.6. The third kappa shape index (κ3) is 7.33. The lowest BCUT2D eigenvalue weighted by molar-refractivity contribution is 0.669. The molecule has 0 unspecified atom stereocenters. The van der Waals surface area contributed by atoms with Crippen molar-refractivity contribution in [1.82, 2.24) is 0 Å². The first-order chi connectivity index (χ1) is 34.7. The second-order valence-corrected chi connectivity index (χ2v) is 18.0. The molecule has 0 radical (unpaired) electrons. The second-order valence-electron chi connectivity index (χ2n) is 18.0. The Bertz CT molecular complexity index is 3850. The lowest BCUT2D eigenvalue weighted by Gasteiger charge is -2.28. The fraction of sp³-hybridized carbons (Fsp3) is 0.0149. The molecular formula is C67H46N2O. The van der Waals surface area contributed by atoms with E-state index in [1.165, 1.54) is 61.3 Å². The van der Waals surface area contributed by atoms with Crippen LogP contribution in [0.4, 0.5) is 34.1 Å². The standard InChI is InChI=1S/C67H46N2O/c1-3-22-53(23-4-1)68(64-32-15-30-60-59-28-8-7-17-52(59)45-63(60)64)55-39-35-46(36-40-55)48-18-13-20-50(43-48)57-26-9-10-27-58(57)51-21-14-19-49(44-51)47-37-41-56(42-38-47)69(54-24-5-2-6-25-54)65-33-16-31-62-61-29-11-12-34-66(61)70-67(62)65/h1-44H,45H2. The van der Waals surface area contributed by atoms with E-state index in [-0.39, 0.29) is 0 Å². The van der Waals surface area contributed by atoms with Crippen molar-refractivity contribution in [2.45, 2.75) is 6.42 Å². The van der Waals surface area contributed by atoms with Crippen LogP contribution >= 0.6 is 0 Å². The monoisotopic (exact) mass is 894 g/mol. The molecule has 11 aromatic carbocycles. The topological polar surface area (TPSA) is 19.6 Å². The van der Waals surface area contributed by atoms with Crippen LogP contribution in [0, 0.1) is 0 Å². The van der Waals surface area contributed by atoms with Crippen molar-refractivity contribution in [3.63, 3.8) is 0 Å². The Hall–Kier alpha value is -9.18. The molecule has 1 aliphatic rings. The van der Waals surface area contributed by atoms with Crippen LogP contribution in [0.5, 0.6) is 0 Å². The van der Waals surface area contributed by atoms with Gasteiger partial charge in [-0.15, -0.1) is 0 Å². The van der Waals surface area contributed by atoms with Gasteiger partial charge in [-0.05, 0) is 146 Å². The Balaban J connectivity index is 0.804. The Labute approximate surface area is 408 Å². The van der Waals surface area contributed by atoms with Crippen molar-refractivity contribution in [3.8, 4) is 55.6 Å². The van der Waals surface area contributed by atoms with Crippen molar-refractivity contribution in [1.29, 1.82) is 0 Å². The van der Waals surface area contributed by atoms with Crippen molar-refractivity contribution >= 4 is 56.1 Å². The minimum atomic E-state index is 0.870. The molecule has 1 aliphatic carbocycles. The molecule has 0 N–H and O–H groups in total. The normalized spacial score (nSPS) is 11.7. The van der Waals surface area contributed by atoms with Gasteiger partial charge < -0.3 is 14.2 Å². The number of hydrogen-bond donors (Lipinski definition) is 0. The van der Waals surface area contributed by atoms with Gasteiger partial charge in [-0.1, -0.05) is 188 Å². The van der Waals surface area contributed by atoms with Gasteiger partial charge >= 0.3 is 0 Å². The highest BCUT2D eigenvalue weighted by atomic mass is 16.3. The molecule has 0 bridgehead atoms. The van der Waals surface area contributed by atoms with Crippen LogP contribution < -0.4 is 9.80 Å². The molecule has 70 heavy (non-hydrogen) atoms. The minimum Gasteiger partial charge on any atom is -0.454 e. The summed E-state index contributed by atoms with van der Waals surface area (Å²) in [5.74, 6) is 0. The number of furan rings is 1. The van der Waals surface area contributed by atoms with Gasteiger partial charge in [-0.25, -0.2) is 0 Å². The number of benzene rings is 11. The average Bonchev–Trinajstić information content (AvgIpc) is 4.02. The zero-order valence-corrected chi connectivity index (χ0v) is 38.4. The third-order valence-electron chi connectivity index (χ3n) is 13.9. The van der Waals surface area contributed by atoms with Crippen molar-refractivity contribution in [2.24, 2.45) is 0 Å². The van der Waals surface area contributed by atoms with Gasteiger partial charge in [0.1, 0.15) is 5.58 Å². The van der Waals surface area contributed by atoms with Gasteiger partial charge in [0.25, 0.3) is 0 Å². The van der Waals surface area contributed by atoms with Crippen molar-refractivity contribution in [3.05, 3.63) is 278 Å². The van der Waals surface area contributed by atoms with Crippen LogP contribution in [0.25, 0.3) is 77.6 Å². The summed E-state index contributed by atoms with van der Waals surface area (Å²) in [6, 6.07) is 96.1. The molecule has 0 aliphatic heterocycles. The summed E-state index contributed by atoms with van der Waals surface area (Å²) >= 11 is 0. The third-order valence-corrected chi connectivity index (χ3v) is 13.9. The van der Waals surface area contributed by atoms with E-state index in [4.69, 9.17) is 4.42 Å². The molecule has 0 atom stereocenters. The Morgan fingerprint density at radius 1 is 0.286 bits per heavy atom. The first kappa shape index (κ1) is 41.0. The van der Waals surface area contributed by atoms with Crippen LogP contribution in [-0.4, -0.2) is 0 Å². The molecule has 3 nitrogen and oxygen atoms in total. The van der Waals surface area contributed by atoms with Gasteiger partial charge in [-0.3, -0.25) is 0 Å². The van der Waals surface area contributed by atoms with E-state index in [0.29, 0.717) is 0 Å². The molecule has 0 fully saturated rings. The summed E-state index contributed by atoms with van der Waals surface area (Å²) in [6.07, 6.45) is 0.923. The smallest absolute Gasteiger partial charge is 0.159 e. The number of hydrogen-bond acceptors (Lipinski definition) is 3. The average molecular weight is 895 g/mol. The summed E-state index contributed by atoms with van der Waals surface area (Å²) in [5, 5.41) is 2.22. The summed E-state index contributed by atoms with van der Waals surface area (Å²) in [5.41, 5.74) is 23.2. The van der Waals surface area contributed by atoms with Gasteiger partial charge in [0, 0.05) is 39.9 Å². The van der Waals surface area contributed by atoms with Crippen molar-refractivity contribution in [2.75, 3.05) is 9.80 Å². The molecule has 0 saturated heterocycles. The van der Waals surface area contributed by atoms with E-state index in [9.17, 15) is 0 Å². The number of anilines is 6. The number of para-hydroxylation sites is 4. The fourth-order valence-electron chi connectivity index (χ4n) is 10.6. The highest BCUT2D eigenvalue weighted by Crippen LogP contribution is 2.47. The molecule has 1 aromatic heterocycles. The Morgan fingerprint density at radius 3 is 1.36 bits per heavy atom. The SMILES string of the molecule is c1ccc(N(c2ccc(-c3cccc(-c4ccccc4-c4cccc(-c5ccc(N(c6ccccc6)c6cccc7c6oc6ccccc67)cc5)c4)c3)cc2)c2cccc3c2Cc2ccccc2-3)cc1. The van der Waals surface area contributed by atoms with Gasteiger partial charge in [0.15, 0.2) is 5.58 Å². The van der Waals surface area contributed by atoms with Crippen LogP contribution in [0.1, 0.15) is 11.1 Å². The van der Waals surface area contributed by atoms with Crippen LogP contribution in [0.3, 0.4) is 0 Å². The number of fused-ring (bicyclic) bond motifs is 6. The molecule has 0 spiro atoms. The van der Waals surface area contributed by atoms with E-state index >= 15 is 0 Å². The van der Waals surface area contributed by atoms with Crippen molar-refractivity contribution < 1.29 is 4.42 Å². The summed E-state index contributed by atoms with van der Waals surface area (Å²) < 4.78 is 6.54. The Kier molecular flexibility index (Phi) is 10.2. The first-order valence-electron chi connectivity index (χ1n) is 24.0. The molecular weight excluding hydrogens is 849 g/mol. The van der Waals surface area contributed by atoms with Gasteiger partial charge in [0.05, 0.1) is 11.4 Å². The maximum atomic E-state index is 6.54. The van der Waals surface area contributed by atoms with E-state index in [1.807, 2.05) is 12.1 Å². The largest absolute Gasteiger partial charge is 0.454 e. The first-order valence-corrected chi connectivity index (χ1v) is 24.0. The second kappa shape index (κ2) is 17.5. The molecule has 1 heterocycles. The lowest BCUT2D eigenvalue weighted by Crippen LogP contribution is -2.12. The molecule has 13 rings (SSSR count). The predicted octanol–water partition coefficient (Wildman–Crippen LogP) is 18.8. The summed E-state index contributed by atoms with van der Waals surface area (Å²) in [7, 11) is 0. The van der Waals surface area contributed by atoms with Crippen LogP contribution in [-0.2, 0) is 6.42 Å². The maximum Gasteiger partial charge on any atom is 0.159 e. The lowest BCUT2D eigenvalue weighted by atomic mass is 9.91. The summed E-state index contributed by atoms with van der Waals surface area (Å²) in [4.78, 5) is 4.70. The molecule has 0 saturated carbocycles. The van der Waals surface area contributed by atoms with E-state index in [2.05, 4.69) is 265 Å². The zero-order valence-electron chi connectivity index (χ0n) is 38.4. The highest BCUT2D eigenvalue weighted by molar-refractivity contribution is 6.10. The predicted molar refractivity (Wildman–Crippen MR) is 293 cm³/mol. The van der Waals surface area contributed by atoms with Gasteiger partial charge in [-0.2, -0.15) is 0 Å². The quantitative estimate of drug-likeness (QED) is 0.136. The number of rotatable bonds is 10. The van der Waals surface area contributed by atoms with E-state index < -0.39 is 0 Å². The van der Waals surface area contributed by atoms with Gasteiger partial charge in [0.2, 0.25) is 0 Å². The summed E-state index contributed by atoms with van der Waals surface area (Å²) in [6.45, 7) is 0. The molecule has 0 amide bonds. The van der Waals surface area contributed by atoms with Crippen LogP contribution in [0.2, 0.25) is 0 Å². The molecule has 12 aromatic rings. The highest BCUT2D eigenvalue weighted by Gasteiger charge is 2.25. The zero-order chi connectivity index (χ0) is 46.4. The van der Waals surface area contributed by atoms with Crippen LogP contribution in [0.15, 0.2) is 271 Å². The van der Waals surface area contributed by atoms with E-state index in [0.717, 1.165) is 67.9 Å². The minimum absolute atomic E-state index is 0.870. The maximum absolute atomic E-state index is 6.54. The Morgan fingerprint density at radius 2 is 0.729 bits per heavy atom. The molecule has 330 valence electrons. The number of nitrogens with zero attached hydrogens (tertiary/aromatic N) is 2. The van der Waals surface area contributed by atoms with E-state index in [1.54, 1.807) is 0 Å². The molecule has 3 heteroatoms.